The fraction of sp³-hybridized carbons (Fsp3) is 0.375. The molecule has 0 radical (unpaired) electrons. The fourth-order valence-corrected chi connectivity index (χ4v) is 2.22. The van der Waals surface area contributed by atoms with Crippen molar-refractivity contribution in [1.29, 1.82) is 0 Å². The number of rotatable bonds is 0. The zero-order valence-corrected chi connectivity index (χ0v) is 7.63. The molecule has 2 rings (SSSR count). The molecular formula is C8H9BrN2. The van der Waals surface area contributed by atoms with Gasteiger partial charge in [0.1, 0.15) is 0 Å². The summed E-state index contributed by atoms with van der Waals surface area (Å²) < 4.78 is 1.06. The van der Waals surface area contributed by atoms with Gasteiger partial charge in [-0.05, 0) is 39.9 Å². The Bertz CT molecular complexity index is 285. The number of hydrogen-bond donors (Lipinski definition) is 1. The molecule has 0 saturated heterocycles. The molecule has 1 aliphatic rings. The molecule has 0 spiro atoms. The Labute approximate surface area is 73.9 Å². The second-order valence-corrected chi connectivity index (χ2v) is 3.69. The van der Waals surface area contributed by atoms with Crippen molar-refractivity contribution in [3.05, 3.63) is 28.0 Å². The number of aromatic nitrogens is 1. The quantitative estimate of drug-likeness (QED) is 0.713. The fourth-order valence-electron chi connectivity index (χ4n) is 1.55. The number of halogens is 1. The zero-order valence-electron chi connectivity index (χ0n) is 6.05. The molecule has 0 saturated carbocycles. The molecule has 0 aromatic carbocycles. The molecule has 11 heavy (non-hydrogen) atoms. The lowest BCUT2D eigenvalue weighted by Crippen LogP contribution is -2.05. The normalized spacial score (nSPS) is 21.8. The number of nitrogens with two attached hydrogens (primary N) is 1. The SMILES string of the molecule is N[C@H]1CCc2cncc(Br)c21. The Morgan fingerprint density at radius 3 is 3.09 bits per heavy atom. The number of pyridine rings is 1. The van der Waals surface area contributed by atoms with E-state index in [1.54, 1.807) is 0 Å². The third-order valence-corrected chi connectivity index (χ3v) is 2.75. The maximum absolute atomic E-state index is 5.89. The summed E-state index contributed by atoms with van der Waals surface area (Å²) in [5.74, 6) is 0. The molecule has 1 aliphatic carbocycles. The van der Waals surface area contributed by atoms with Gasteiger partial charge >= 0.3 is 0 Å². The number of hydrogen-bond acceptors (Lipinski definition) is 2. The topological polar surface area (TPSA) is 38.9 Å². The van der Waals surface area contributed by atoms with Crippen LogP contribution in [0.2, 0.25) is 0 Å². The second kappa shape index (κ2) is 2.57. The Balaban J connectivity index is 2.58. The molecule has 0 fully saturated rings. The summed E-state index contributed by atoms with van der Waals surface area (Å²) in [5, 5.41) is 0. The summed E-state index contributed by atoms with van der Waals surface area (Å²) >= 11 is 3.45. The highest BCUT2D eigenvalue weighted by Gasteiger charge is 2.21. The van der Waals surface area contributed by atoms with Crippen LogP contribution in [-0.4, -0.2) is 4.98 Å². The van der Waals surface area contributed by atoms with E-state index in [1.165, 1.54) is 11.1 Å². The maximum Gasteiger partial charge on any atom is 0.0413 e. The molecule has 0 aliphatic heterocycles. The molecule has 58 valence electrons. The number of aryl methyl sites for hydroxylation is 1. The van der Waals surface area contributed by atoms with Gasteiger partial charge in [0.15, 0.2) is 0 Å². The van der Waals surface area contributed by atoms with E-state index in [0.29, 0.717) is 0 Å². The van der Waals surface area contributed by atoms with Crippen LogP contribution >= 0.6 is 15.9 Å². The van der Waals surface area contributed by atoms with Crippen molar-refractivity contribution in [3.8, 4) is 0 Å². The van der Waals surface area contributed by atoms with E-state index in [0.717, 1.165) is 17.3 Å². The Morgan fingerprint density at radius 2 is 2.36 bits per heavy atom. The average molecular weight is 213 g/mol. The van der Waals surface area contributed by atoms with Gasteiger partial charge in [-0.2, -0.15) is 0 Å². The summed E-state index contributed by atoms with van der Waals surface area (Å²) in [6.07, 6.45) is 5.85. The van der Waals surface area contributed by atoms with E-state index in [-0.39, 0.29) is 6.04 Å². The van der Waals surface area contributed by atoms with Crippen molar-refractivity contribution in [2.24, 2.45) is 5.73 Å². The monoisotopic (exact) mass is 212 g/mol. The van der Waals surface area contributed by atoms with Gasteiger partial charge in [0.25, 0.3) is 0 Å². The van der Waals surface area contributed by atoms with E-state index in [1.807, 2.05) is 12.4 Å². The van der Waals surface area contributed by atoms with Crippen molar-refractivity contribution in [2.45, 2.75) is 18.9 Å². The van der Waals surface area contributed by atoms with Gasteiger partial charge in [0.2, 0.25) is 0 Å². The van der Waals surface area contributed by atoms with Crippen molar-refractivity contribution in [3.63, 3.8) is 0 Å². The number of fused-ring (bicyclic) bond motifs is 1. The van der Waals surface area contributed by atoms with Crippen LogP contribution in [0.1, 0.15) is 23.6 Å². The lowest BCUT2D eigenvalue weighted by Gasteiger charge is -2.05. The standard InChI is InChI=1S/C8H9BrN2/c9-6-4-11-3-5-1-2-7(10)8(5)6/h3-4,7H,1-2,10H2/t7-/m0/s1. The first kappa shape index (κ1) is 7.25. The van der Waals surface area contributed by atoms with Gasteiger partial charge in [0.05, 0.1) is 0 Å². The molecule has 2 N–H and O–H groups in total. The Kier molecular flexibility index (Phi) is 1.69. The van der Waals surface area contributed by atoms with Gasteiger partial charge < -0.3 is 5.73 Å². The molecule has 1 aromatic heterocycles. The Hall–Kier alpha value is -0.410. The highest BCUT2D eigenvalue weighted by Crippen LogP contribution is 2.33. The lowest BCUT2D eigenvalue weighted by molar-refractivity contribution is 0.711. The van der Waals surface area contributed by atoms with Crippen LogP contribution in [0.25, 0.3) is 0 Å². The molecule has 3 heteroatoms. The van der Waals surface area contributed by atoms with Gasteiger partial charge in [0, 0.05) is 22.9 Å². The molecule has 1 heterocycles. The van der Waals surface area contributed by atoms with E-state index in [4.69, 9.17) is 5.73 Å². The first-order chi connectivity index (χ1) is 5.29. The van der Waals surface area contributed by atoms with Crippen LogP contribution in [0.4, 0.5) is 0 Å². The van der Waals surface area contributed by atoms with Crippen LogP contribution in [0.5, 0.6) is 0 Å². The van der Waals surface area contributed by atoms with Gasteiger partial charge in [-0.25, -0.2) is 0 Å². The third kappa shape index (κ3) is 1.08. The minimum Gasteiger partial charge on any atom is -0.324 e. The smallest absolute Gasteiger partial charge is 0.0413 e. The van der Waals surface area contributed by atoms with E-state index in [9.17, 15) is 0 Å². The van der Waals surface area contributed by atoms with Gasteiger partial charge in [-0.1, -0.05) is 0 Å². The summed E-state index contributed by atoms with van der Waals surface area (Å²) in [6, 6.07) is 0.211. The summed E-state index contributed by atoms with van der Waals surface area (Å²) in [6.45, 7) is 0. The van der Waals surface area contributed by atoms with Crippen molar-refractivity contribution in [1.82, 2.24) is 4.98 Å². The maximum atomic E-state index is 5.89. The first-order valence-corrected chi connectivity index (χ1v) is 4.46. The predicted octanol–water partition coefficient (Wildman–Crippen LogP) is 1.79. The van der Waals surface area contributed by atoms with Gasteiger partial charge in [-0.3, -0.25) is 4.98 Å². The van der Waals surface area contributed by atoms with Crippen LogP contribution in [0.3, 0.4) is 0 Å². The van der Waals surface area contributed by atoms with Crippen molar-refractivity contribution < 1.29 is 0 Å². The van der Waals surface area contributed by atoms with E-state index in [2.05, 4.69) is 20.9 Å². The zero-order chi connectivity index (χ0) is 7.84. The number of nitrogens with zero attached hydrogens (tertiary/aromatic N) is 1. The molecule has 0 bridgehead atoms. The van der Waals surface area contributed by atoms with Crippen molar-refractivity contribution in [2.75, 3.05) is 0 Å². The molecule has 0 unspecified atom stereocenters. The van der Waals surface area contributed by atoms with Crippen molar-refractivity contribution >= 4 is 15.9 Å². The predicted molar refractivity (Wildman–Crippen MR) is 47.2 cm³/mol. The van der Waals surface area contributed by atoms with Crippen LogP contribution in [0, 0.1) is 0 Å². The average Bonchev–Trinajstić information content (AvgIpc) is 2.34. The highest BCUT2D eigenvalue weighted by molar-refractivity contribution is 9.10. The van der Waals surface area contributed by atoms with Crippen LogP contribution in [0.15, 0.2) is 16.9 Å². The summed E-state index contributed by atoms with van der Waals surface area (Å²) in [7, 11) is 0. The minimum absolute atomic E-state index is 0.211. The second-order valence-electron chi connectivity index (χ2n) is 2.84. The molecule has 0 amide bonds. The summed E-state index contributed by atoms with van der Waals surface area (Å²) in [5.41, 5.74) is 8.44. The molecule has 2 nitrogen and oxygen atoms in total. The molecule has 1 aromatic rings. The molecular weight excluding hydrogens is 204 g/mol. The van der Waals surface area contributed by atoms with E-state index < -0.39 is 0 Å². The summed E-state index contributed by atoms with van der Waals surface area (Å²) in [4.78, 5) is 4.09. The van der Waals surface area contributed by atoms with E-state index >= 15 is 0 Å². The highest BCUT2D eigenvalue weighted by atomic mass is 79.9. The minimum atomic E-state index is 0.211. The van der Waals surface area contributed by atoms with Crippen LogP contribution in [-0.2, 0) is 6.42 Å². The molecule has 1 atom stereocenters. The third-order valence-electron chi connectivity index (χ3n) is 2.12. The van der Waals surface area contributed by atoms with Gasteiger partial charge in [-0.15, -0.1) is 0 Å². The lowest BCUT2D eigenvalue weighted by atomic mass is 10.1. The Morgan fingerprint density at radius 1 is 1.55 bits per heavy atom. The van der Waals surface area contributed by atoms with Crippen LogP contribution < -0.4 is 5.73 Å². The first-order valence-electron chi connectivity index (χ1n) is 3.67. The largest absolute Gasteiger partial charge is 0.324 e.